The SMILES string of the molecule is Cc1cn2c(C(N)=O)cccc2c1-c1nc2c(c(NCc3ccccc3)n1)CNCC2. The molecule has 0 radical (unpaired) electrons. The average Bonchev–Trinajstić information content (AvgIpc) is 3.13. The smallest absolute Gasteiger partial charge is 0.265 e. The first-order chi connectivity index (χ1) is 15.1. The first kappa shape index (κ1) is 19.3. The van der Waals surface area contributed by atoms with Crippen molar-refractivity contribution >= 4 is 17.2 Å². The summed E-state index contributed by atoms with van der Waals surface area (Å²) in [5.41, 5.74) is 12.2. The number of fused-ring (bicyclic) bond motifs is 2. The second-order valence-electron chi connectivity index (χ2n) is 7.80. The minimum atomic E-state index is -0.463. The largest absolute Gasteiger partial charge is 0.366 e. The Morgan fingerprint density at radius 2 is 2.00 bits per heavy atom. The highest BCUT2D eigenvalue weighted by molar-refractivity contribution is 5.93. The molecule has 4 N–H and O–H groups in total. The van der Waals surface area contributed by atoms with Crippen LogP contribution in [-0.2, 0) is 19.5 Å². The van der Waals surface area contributed by atoms with Gasteiger partial charge >= 0.3 is 0 Å². The van der Waals surface area contributed by atoms with E-state index in [1.807, 2.05) is 47.9 Å². The Labute approximate surface area is 180 Å². The van der Waals surface area contributed by atoms with Crippen LogP contribution < -0.4 is 16.4 Å². The Morgan fingerprint density at radius 3 is 2.81 bits per heavy atom. The topological polar surface area (TPSA) is 97.3 Å². The second kappa shape index (κ2) is 7.85. The minimum Gasteiger partial charge on any atom is -0.366 e. The fourth-order valence-corrected chi connectivity index (χ4v) is 4.20. The van der Waals surface area contributed by atoms with Gasteiger partial charge in [-0.25, -0.2) is 9.97 Å². The quantitative estimate of drug-likeness (QED) is 0.468. The third kappa shape index (κ3) is 3.53. The molecule has 0 unspecified atom stereocenters. The van der Waals surface area contributed by atoms with Crippen LogP contribution in [-0.4, -0.2) is 26.8 Å². The summed E-state index contributed by atoms with van der Waals surface area (Å²) in [7, 11) is 0. The Morgan fingerprint density at radius 1 is 1.16 bits per heavy atom. The van der Waals surface area contributed by atoms with Gasteiger partial charge in [0.2, 0.25) is 0 Å². The zero-order valence-electron chi connectivity index (χ0n) is 17.4. The van der Waals surface area contributed by atoms with E-state index in [-0.39, 0.29) is 0 Å². The summed E-state index contributed by atoms with van der Waals surface area (Å²) in [4.78, 5) is 21.8. The van der Waals surface area contributed by atoms with Crippen molar-refractivity contribution in [2.75, 3.05) is 11.9 Å². The molecule has 0 atom stereocenters. The molecule has 0 spiro atoms. The van der Waals surface area contributed by atoms with Crippen LogP contribution in [0.5, 0.6) is 0 Å². The molecule has 0 fully saturated rings. The number of nitrogens with two attached hydrogens (primary N) is 1. The molecule has 7 heteroatoms. The number of anilines is 1. The van der Waals surface area contributed by atoms with Crippen LogP contribution in [0.1, 0.15) is 32.9 Å². The molecule has 0 saturated heterocycles. The van der Waals surface area contributed by atoms with Crippen LogP contribution >= 0.6 is 0 Å². The van der Waals surface area contributed by atoms with Gasteiger partial charge < -0.3 is 20.8 Å². The number of aromatic nitrogens is 3. The van der Waals surface area contributed by atoms with Gasteiger partial charge in [-0.3, -0.25) is 4.79 Å². The zero-order chi connectivity index (χ0) is 21.4. The number of aryl methyl sites for hydroxylation is 1. The maximum absolute atomic E-state index is 11.9. The van der Waals surface area contributed by atoms with E-state index in [9.17, 15) is 4.79 Å². The third-order valence-electron chi connectivity index (χ3n) is 5.71. The number of hydrogen-bond donors (Lipinski definition) is 3. The normalized spacial score (nSPS) is 13.2. The van der Waals surface area contributed by atoms with E-state index >= 15 is 0 Å². The van der Waals surface area contributed by atoms with Gasteiger partial charge in [0, 0.05) is 43.4 Å². The van der Waals surface area contributed by atoms with Gasteiger partial charge in [0.1, 0.15) is 11.5 Å². The predicted octanol–water partition coefficient (Wildman–Crippen LogP) is 3.06. The van der Waals surface area contributed by atoms with Gasteiger partial charge in [0.15, 0.2) is 5.82 Å². The van der Waals surface area contributed by atoms with E-state index in [2.05, 4.69) is 22.8 Å². The molecule has 0 bridgehead atoms. The molecule has 1 aliphatic rings. The van der Waals surface area contributed by atoms with Gasteiger partial charge in [-0.05, 0) is 30.2 Å². The van der Waals surface area contributed by atoms with Crippen molar-refractivity contribution in [2.24, 2.45) is 5.73 Å². The van der Waals surface area contributed by atoms with Crippen molar-refractivity contribution in [1.29, 1.82) is 0 Å². The number of hydrogen-bond acceptors (Lipinski definition) is 5. The number of benzene rings is 1. The van der Waals surface area contributed by atoms with E-state index in [4.69, 9.17) is 15.7 Å². The molecule has 0 aliphatic carbocycles. The lowest BCUT2D eigenvalue weighted by molar-refractivity contribution is 0.0994. The van der Waals surface area contributed by atoms with Crippen molar-refractivity contribution in [3.8, 4) is 11.4 Å². The number of amides is 1. The fourth-order valence-electron chi connectivity index (χ4n) is 4.20. The fraction of sp³-hybridized carbons (Fsp3) is 0.208. The van der Waals surface area contributed by atoms with Gasteiger partial charge in [-0.15, -0.1) is 0 Å². The van der Waals surface area contributed by atoms with E-state index in [0.717, 1.165) is 53.2 Å². The van der Waals surface area contributed by atoms with Crippen LogP contribution in [0.2, 0.25) is 0 Å². The highest BCUT2D eigenvalue weighted by Gasteiger charge is 2.21. The lowest BCUT2D eigenvalue weighted by Gasteiger charge is -2.21. The summed E-state index contributed by atoms with van der Waals surface area (Å²) in [6, 6.07) is 15.8. The van der Waals surface area contributed by atoms with Crippen molar-refractivity contribution in [2.45, 2.75) is 26.4 Å². The molecule has 4 aromatic rings. The number of carbonyl (C=O) groups is 1. The van der Waals surface area contributed by atoms with Crippen LogP contribution in [0.3, 0.4) is 0 Å². The lowest BCUT2D eigenvalue weighted by atomic mass is 10.1. The molecule has 1 amide bonds. The van der Waals surface area contributed by atoms with Crippen LogP contribution in [0.25, 0.3) is 16.9 Å². The number of rotatable bonds is 5. The van der Waals surface area contributed by atoms with Crippen molar-refractivity contribution in [3.63, 3.8) is 0 Å². The Hall–Kier alpha value is -3.71. The Balaban J connectivity index is 1.62. The third-order valence-corrected chi connectivity index (χ3v) is 5.71. The number of carbonyl (C=O) groups excluding carboxylic acids is 1. The van der Waals surface area contributed by atoms with Gasteiger partial charge in [0.25, 0.3) is 5.91 Å². The van der Waals surface area contributed by atoms with Gasteiger partial charge in [0.05, 0.1) is 11.2 Å². The van der Waals surface area contributed by atoms with E-state index in [1.165, 1.54) is 5.56 Å². The highest BCUT2D eigenvalue weighted by atomic mass is 16.1. The highest BCUT2D eigenvalue weighted by Crippen LogP contribution is 2.31. The molecule has 1 aliphatic heterocycles. The molecule has 5 rings (SSSR count). The Kier molecular flexibility index (Phi) is 4.88. The maximum atomic E-state index is 11.9. The van der Waals surface area contributed by atoms with Gasteiger partial charge in [-0.1, -0.05) is 36.4 Å². The number of primary amides is 1. The molecule has 4 heterocycles. The predicted molar refractivity (Wildman–Crippen MR) is 121 cm³/mol. The molecule has 7 nitrogen and oxygen atoms in total. The minimum absolute atomic E-state index is 0.441. The number of pyridine rings is 1. The Bertz CT molecular complexity index is 1280. The molecule has 1 aromatic carbocycles. The lowest BCUT2D eigenvalue weighted by Crippen LogP contribution is -2.26. The zero-order valence-corrected chi connectivity index (χ0v) is 17.4. The van der Waals surface area contributed by atoms with E-state index in [1.54, 1.807) is 6.07 Å². The molecule has 31 heavy (non-hydrogen) atoms. The van der Waals surface area contributed by atoms with Crippen LogP contribution in [0.15, 0.2) is 54.7 Å². The monoisotopic (exact) mass is 412 g/mol. The standard InChI is InChI=1S/C24H24N6O/c1-15-14-30-19(8-5-9-20(30)22(25)31)21(15)24-28-18-10-11-26-13-17(18)23(29-24)27-12-16-6-3-2-4-7-16/h2-9,14,26H,10-13H2,1H3,(H2,25,31)(H,27,28,29). The summed E-state index contributed by atoms with van der Waals surface area (Å²) in [6.45, 7) is 4.33. The summed E-state index contributed by atoms with van der Waals surface area (Å²) in [6.07, 6.45) is 2.77. The first-order valence-corrected chi connectivity index (χ1v) is 10.4. The number of nitrogens with one attached hydrogen (secondary N) is 2. The summed E-state index contributed by atoms with van der Waals surface area (Å²) >= 11 is 0. The summed E-state index contributed by atoms with van der Waals surface area (Å²) in [5, 5.41) is 6.94. The summed E-state index contributed by atoms with van der Waals surface area (Å²) < 4.78 is 1.83. The van der Waals surface area contributed by atoms with E-state index in [0.29, 0.717) is 18.1 Å². The van der Waals surface area contributed by atoms with Crippen LogP contribution in [0.4, 0.5) is 5.82 Å². The van der Waals surface area contributed by atoms with Gasteiger partial charge in [-0.2, -0.15) is 0 Å². The van der Waals surface area contributed by atoms with E-state index < -0.39 is 5.91 Å². The maximum Gasteiger partial charge on any atom is 0.265 e. The molecule has 0 saturated carbocycles. The average molecular weight is 412 g/mol. The number of nitrogens with zero attached hydrogens (tertiary/aromatic N) is 3. The second-order valence-corrected chi connectivity index (χ2v) is 7.80. The van der Waals surface area contributed by atoms with Crippen molar-refractivity contribution in [3.05, 3.63) is 82.8 Å². The molecule has 156 valence electrons. The summed E-state index contributed by atoms with van der Waals surface area (Å²) in [5.74, 6) is 1.05. The van der Waals surface area contributed by atoms with Crippen molar-refractivity contribution < 1.29 is 4.79 Å². The molecular weight excluding hydrogens is 388 g/mol. The first-order valence-electron chi connectivity index (χ1n) is 10.4. The van der Waals surface area contributed by atoms with Crippen molar-refractivity contribution in [1.82, 2.24) is 19.7 Å². The molecule has 3 aromatic heterocycles. The molecular formula is C24H24N6O. The van der Waals surface area contributed by atoms with Crippen LogP contribution in [0, 0.1) is 6.92 Å².